The second-order valence-electron chi connectivity index (χ2n) is 5.00. The molecule has 2 aromatic rings. The van der Waals surface area contributed by atoms with E-state index < -0.39 is 0 Å². The van der Waals surface area contributed by atoms with Crippen molar-refractivity contribution in [2.24, 2.45) is 0 Å². The van der Waals surface area contributed by atoms with Gasteiger partial charge in [-0.2, -0.15) is 0 Å². The van der Waals surface area contributed by atoms with Crippen molar-refractivity contribution < 1.29 is 4.74 Å². The normalized spacial score (nSPS) is 10.4. The van der Waals surface area contributed by atoms with Gasteiger partial charge in [0.25, 0.3) is 0 Å². The van der Waals surface area contributed by atoms with Crippen LogP contribution in [0.15, 0.2) is 36.4 Å². The second-order valence-corrected chi connectivity index (χ2v) is 5.00. The van der Waals surface area contributed by atoms with Crippen LogP contribution in [-0.2, 0) is 6.61 Å². The van der Waals surface area contributed by atoms with Crippen LogP contribution in [0.4, 0.5) is 0 Å². The molecule has 94 valence electrons. The van der Waals surface area contributed by atoms with Gasteiger partial charge in [-0.3, -0.25) is 0 Å². The van der Waals surface area contributed by atoms with Crippen molar-refractivity contribution in [1.82, 2.24) is 0 Å². The van der Waals surface area contributed by atoms with Gasteiger partial charge in [-0.05, 0) is 44.4 Å². The molecule has 0 N–H and O–H groups in total. The molecule has 0 spiro atoms. The van der Waals surface area contributed by atoms with Crippen LogP contribution in [0.1, 0.15) is 27.8 Å². The van der Waals surface area contributed by atoms with E-state index in [1.807, 2.05) is 0 Å². The third kappa shape index (κ3) is 2.92. The lowest BCUT2D eigenvalue weighted by Gasteiger charge is -2.13. The fraction of sp³-hybridized carbons (Fsp3) is 0.294. The topological polar surface area (TPSA) is 9.23 Å². The second kappa shape index (κ2) is 5.26. The van der Waals surface area contributed by atoms with Crippen LogP contribution >= 0.6 is 0 Å². The van der Waals surface area contributed by atoms with Crippen molar-refractivity contribution in [3.8, 4) is 5.75 Å². The van der Waals surface area contributed by atoms with Crippen LogP contribution in [0.5, 0.6) is 5.75 Å². The molecule has 1 heteroatoms. The largest absolute Gasteiger partial charge is 0.488 e. The molecule has 2 rings (SSSR count). The van der Waals surface area contributed by atoms with Gasteiger partial charge in [0.15, 0.2) is 0 Å². The third-order valence-electron chi connectivity index (χ3n) is 3.11. The van der Waals surface area contributed by atoms with Crippen molar-refractivity contribution in [3.05, 3.63) is 64.2 Å². The van der Waals surface area contributed by atoms with E-state index in [0.29, 0.717) is 6.61 Å². The Kier molecular flexibility index (Phi) is 3.71. The minimum atomic E-state index is 0.630. The fourth-order valence-corrected chi connectivity index (χ4v) is 2.23. The van der Waals surface area contributed by atoms with Crippen molar-refractivity contribution >= 4 is 0 Å². The molecule has 0 heterocycles. The molecule has 0 unspecified atom stereocenters. The summed E-state index contributed by atoms with van der Waals surface area (Å²) in [5.74, 6) is 1.01. The summed E-state index contributed by atoms with van der Waals surface area (Å²) in [7, 11) is 0. The summed E-state index contributed by atoms with van der Waals surface area (Å²) >= 11 is 0. The van der Waals surface area contributed by atoms with Crippen LogP contribution in [0.25, 0.3) is 0 Å². The van der Waals surface area contributed by atoms with Gasteiger partial charge in [0.05, 0.1) is 0 Å². The minimum Gasteiger partial charge on any atom is -0.488 e. The van der Waals surface area contributed by atoms with Gasteiger partial charge in [0, 0.05) is 0 Å². The molecule has 0 amide bonds. The molecule has 0 radical (unpaired) electrons. The SMILES string of the molecule is Cc1ccc(COc2c(C)cc(C)cc2C)cc1. The predicted molar refractivity (Wildman–Crippen MR) is 76.2 cm³/mol. The van der Waals surface area contributed by atoms with Gasteiger partial charge < -0.3 is 4.74 Å². The minimum absolute atomic E-state index is 0.630. The fourth-order valence-electron chi connectivity index (χ4n) is 2.23. The predicted octanol–water partition coefficient (Wildman–Crippen LogP) is 4.50. The number of rotatable bonds is 3. The molecule has 0 aliphatic carbocycles. The first-order valence-electron chi connectivity index (χ1n) is 6.32. The Morgan fingerprint density at radius 2 is 1.33 bits per heavy atom. The van der Waals surface area contributed by atoms with Gasteiger partial charge in [0.1, 0.15) is 12.4 Å². The smallest absolute Gasteiger partial charge is 0.125 e. The van der Waals surface area contributed by atoms with E-state index in [1.165, 1.54) is 27.8 Å². The number of ether oxygens (including phenoxy) is 1. The van der Waals surface area contributed by atoms with E-state index in [2.05, 4.69) is 64.1 Å². The third-order valence-corrected chi connectivity index (χ3v) is 3.11. The molecule has 0 fully saturated rings. The Morgan fingerprint density at radius 1 is 0.778 bits per heavy atom. The maximum Gasteiger partial charge on any atom is 0.125 e. The number of benzene rings is 2. The molecule has 0 aliphatic heterocycles. The number of aryl methyl sites for hydroxylation is 4. The molecular formula is C17H20O. The summed E-state index contributed by atoms with van der Waals surface area (Å²) in [4.78, 5) is 0. The zero-order valence-corrected chi connectivity index (χ0v) is 11.6. The highest BCUT2D eigenvalue weighted by Crippen LogP contribution is 2.25. The Hall–Kier alpha value is -1.76. The number of hydrogen-bond donors (Lipinski definition) is 0. The van der Waals surface area contributed by atoms with Gasteiger partial charge in [-0.25, -0.2) is 0 Å². The highest BCUT2D eigenvalue weighted by atomic mass is 16.5. The van der Waals surface area contributed by atoms with Gasteiger partial charge in [-0.15, -0.1) is 0 Å². The Labute approximate surface area is 109 Å². The van der Waals surface area contributed by atoms with Crippen LogP contribution in [0.3, 0.4) is 0 Å². The highest BCUT2D eigenvalue weighted by Gasteiger charge is 2.05. The zero-order valence-electron chi connectivity index (χ0n) is 11.6. The summed E-state index contributed by atoms with van der Waals surface area (Å²) in [5, 5.41) is 0. The van der Waals surface area contributed by atoms with Crippen LogP contribution < -0.4 is 4.74 Å². The average molecular weight is 240 g/mol. The molecule has 0 aromatic heterocycles. The molecule has 1 nitrogen and oxygen atoms in total. The van der Waals surface area contributed by atoms with Crippen molar-refractivity contribution in [1.29, 1.82) is 0 Å². The maximum atomic E-state index is 5.95. The van der Waals surface area contributed by atoms with Gasteiger partial charge in [-0.1, -0.05) is 47.5 Å². The first-order chi connectivity index (χ1) is 8.56. The Balaban J connectivity index is 2.13. The van der Waals surface area contributed by atoms with Gasteiger partial charge >= 0.3 is 0 Å². The summed E-state index contributed by atoms with van der Waals surface area (Å²) < 4.78 is 5.95. The first-order valence-corrected chi connectivity index (χ1v) is 6.32. The van der Waals surface area contributed by atoms with E-state index in [-0.39, 0.29) is 0 Å². The zero-order chi connectivity index (χ0) is 13.1. The Bertz CT molecular complexity index is 515. The first kappa shape index (κ1) is 12.7. The molecular weight excluding hydrogens is 220 g/mol. The summed E-state index contributed by atoms with van der Waals surface area (Å²) in [6.45, 7) is 9.04. The standard InChI is InChI=1S/C17H20O/c1-12-5-7-16(8-6-12)11-18-17-14(3)9-13(2)10-15(17)4/h5-10H,11H2,1-4H3. The van der Waals surface area contributed by atoms with E-state index in [4.69, 9.17) is 4.74 Å². The number of hydrogen-bond acceptors (Lipinski definition) is 1. The monoisotopic (exact) mass is 240 g/mol. The molecule has 18 heavy (non-hydrogen) atoms. The van der Waals surface area contributed by atoms with Crippen molar-refractivity contribution in [2.45, 2.75) is 34.3 Å². The average Bonchev–Trinajstić information content (AvgIpc) is 2.30. The molecule has 0 saturated heterocycles. The van der Waals surface area contributed by atoms with Crippen LogP contribution in [-0.4, -0.2) is 0 Å². The van der Waals surface area contributed by atoms with E-state index in [1.54, 1.807) is 0 Å². The van der Waals surface area contributed by atoms with Crippen molar-refractivity contribution in [3.63, 3.8) is 0 Å². The lowest BCUT2D eigenvalue weighted by atomic mass is 10.1. The quantitative estimate of drug-likeness (QED) is 0.767. The summed E-state index contributed by atoms with van der Waals surface area (Å²) in [5.41, 5.74) is 6.19. The molecule has 2 aromatic carbocycles. The van der Waals surface area contributed by atoms with Gasteiger partial charge in [0.2, 0.25) is 0 Å². The highest BCUT2D eigenvalue weighted by molar-refractivity contribution is 5.43. The van der Waals surface area contributed by atoms with Crippen LogP contribution in [0, 0.1) is 27.7 Å². The Morgan fingerprint density at radius 3 is 1.89 bits per heavy atom. The van der Waals surface area contributed by atoms with Crippen LogP contribution in [0.2, 0.25) is 0 Å². The summed E-state index contributed by atoms with van der Waals surface area (Å²) in [6.07, 6.45) is 0. The summed E-state index contributed by atoms with van der Waals surface area (Å²) in [6, 6.07) is 12.8. The molecule has 0 aliphatic rings. The molecule has 0 bridgehead atoms. The van der Waals surface area contributed by atoms with Crippen molar-refractivity contribution in [2.75, 3.05) is 0 Å². The maximum absolute atomic E-state index is 5.95. The lowest BCUT2D eigenvalue weighted by Crippen LogP contribution is -1.99. The lowest BCUT2D eigenvalue weighted by molar-refractivity contribution is 0.302. The molecule has 0 atom stereocenters. The van der Waals surface area contributed by atoms with E-state index >= 15 is 0 Å². The molecule has 0 saturated carbocycles. The van der Waals surface area contributed by atoms with E-state index in [9.17, 15) is 0 Å². The van der Waals surface area contributed by atoms with E-state index in [0.717, 1.165) is 5.75 Å².